The molecule has 0 aliphatic carbocycles. The van der Waals surface area contributed by atoms with Gasteiger partial charge in [-0.15, -0.1) is 0 Å². The molecule has 5 nitrogen and oxygen atoms in total. The van der Waals surface area contributed by atoms with Crippen molar-refractivity contribution in [3.8, 4) is 5.75 Å². The molecule has 6 heteroatoms. The standard InChI is InChI=1S/C37H41ClO5/c1-4-40-32-18-15-27(16-19-32)21-31-22-30(17-20-33(31)38)35-36(42-25-29-13-9-6-10-14-29)34(23-37(3,43-35)26(2)39)41-24-28-11-7-5-8-12-28/h5-20,22,26,34-36,39H,4,21,23-25H2,1-3H3/t26-,34?,35?,36-,37?/m1/s1. The molecule has 1 saturated heterocycles. The summed E-state index contributed by atoms with van der Waals surface area (Å²) in [4.78, 5) is 0. The number of benzene rings is 4. The molecule has 1 aliphatic rings. The molecule has 1 aliphatic heterocycles. The largest absolute Gasteiger partial charge is 0.494 e. The molecule has 4 aromatic carbocycles. The van der Waals surface area contributed by atoms with E-state index in [1.54, 1.807) is 6.92 Å². The predicted molar refractivity (Wildman–Crippen MR) is 170 cm³/mol. The first-order valence-corrected chi connectivity index (χ1v) is 15.4. The molecule has 1 fully saturated rings. The van der Waals surface area contributed by atoms with Crippen LogP contribution in [0.4, 0.5) is 0 Å². The lowest BCUT2D eigenvalue weighted by Gasteiger charge is -2.48. The van der Waals surface area contributed by atoms with Crippen molar-refractivity contribution in [3.05, 3.63) is 136 Å². The number of rotatable bonds is 12. The number of hydrogen-bond acceptors (Lipinski definition) is 5. The van der Waals surface area contributed by atoms with Gasteiger partial charge in [-0.2, -0.15) is 0 Å². The maximum atomic E-state index is 10.9. The Labute approximate surface area is 260 Å². The van der Waals surface area contributed by atoms with E-state index in [9.17, 15) is 5.11 Å². The number of halogens is 1. The van der Waals surface area contributed by atoms with Gasteiger partial charge in [0, 0.05) is 11.4 Å². The van der Waals surface area contributed by atoms with Crippen LogP contribution in [0.3, 0.4) is 0 Å². The van der Waals surface area contributed by atoms with Gasteiger partial charge in [-0.1, -0.05) is 96.5 Å². The van der Waals surface area contributed by atoms with Gasteiger partial charge in [0.2, 0.25) is 0 Å². The Hall–Kier alpha value is -3.19. The first-order valence-electron chi connectivity index (χ1n) is 15.0. The molecule has 3 unspecified atom stereocenters. The zero-order valence-electron chi connectivity index (χ0n) is 25.1. The molecule has 226 valence electrons. The van der Waals surface area contributed by atoms with Crippen LogP contribution in [0.25, 0.3) is 0 Å². The zero-order valence-corrected chi connectivity index (χ0v) is 25.9. The van der Waals surface area contributed by atoms with Gasteiger partial charge < -0.3 is 24.1 Å². The van der Waals surface area contributed by atoms with Gasteiger partial charge >= 0.3 is 0 Å². The molecule has 0 aromatic heterocycles. The molecule has 43 heavy (non-hydrogen) atoms. The molecule has 5 atom stereocenters. The van der Waals surface area contributed by atoms with E-state index in [4.69, 9.17) is 30.5 Å². The lowest BCUT2D eigenvalue weighted by atomic mass is 9.83. The van der Waals surface area contributed by atoms with Crippen LogP contribution in [0.2, 0.25) is 5.02 Å². The van der Waals surface area contributed by atoms with Gasteiger partial charge in [0.05, 0.1) is 37.6 Å². The Bertz CT molecular complexity index is 1430. The summed E-state index contributed by atoms with van der Waals surface area (Å²) in [6, 6.07) is 34.3. The lowest BCUT2D eigenvalue weighted by Crippen LogP contribution is -2.55. The summed E-state index contributed by atoms with van der Waals surface area (Å²) in [7, 11) is 0. The van der Waals surface area contributed by atoms with Gasteiger partial charge in [0.1, 0.15) is 18.0 Å². The highest BCUT2D eigenvalue weighted by Gasteiger charge is 2.49. The topological polar surface area (TPSA) is 57.2 Å². The van der Waals surface area contributed by atoms with Crippen LogP contribution in [0.1, 0.15) is 61.1 Å². The smallest absolute Gasteiger partial charge is 0.119 e. The summed E-state index contributed by atoms with van der Waals surface area (Å²) in [5, 5.41) is 11.6. The maximum absolute atomic E-state index is 10.9. The highest BCUT2D eigenvalue weighted by Crippen LogP contribution is 2.43. The fourth-order valence-electron chi connectivity index (χ4n) is 5.53. The van der Waals surface area contributed by atoms with E-state index in [0.717, 1.165) is 33.6 Å². The third-order valence-corrected chi connectivity index (χ3v) is 8.54. The van der Waals surface area contributed by atoms with Crippen molar-refractivity contribution >= 4 is 11.6 Å². The second-order valence-corrected chi connectivity index (χ2v) is 11.8. The summed E-state index contributed by atoms with van der Waals surface area (Å²) in [6.45, 7) is 7.17. The number of hydrogen-bond donors (Lipinski definition) is 1. The summed E-state index contributed by atoms with van der Waals surface area (Å²) >= 11 is 6.73. The normalized spacial score (nSPS) is 22.7. The minimum Gasteiger partial charge on any atom is -0.494 e. The Morgan fingerprint density at radius 3 is 2.09 bits per heavy atom. The van der Waals surface area contributed by atoms with Crippen LogP contribution < -0.4 is 4.74 Å². The summed E-state index contributed by atoms with van der Waals surface area (Å²) in [5.41, 5.74) is 4.35. The fourth-order valence-corrected chi connectivity index (χ4v) is 5.72. The van der Waals surface area contributed by atoms with Crippen LogP contribution in [-0.2, 0) is 33.8 Å². The average Bonchev–Trinajstić information content (AvgIpc) is 3.02. The zero-order chi connectivity index (χ0) is 30.2. The monoisotopic (exact) mass is 600 g/mol. The van der Waals surface area contributed by atoms with Crippen molar-refractivity contribution in [2.45, 2.75) is 76.8 Å². The van der Waals surface area contributed by atoms with Gasteiger partial charge in [0.25, 0.3) is 0 Å². The van der Waals surface area contributed by atoms with E-state index in [1.165, 1.54) is 0 Å². The molecule has 1 heterocycles. The minimum absolute atomic E-state index is 0.326. The summed E-state index contributed by atoms with van der Waals surface area (Å²) < 4.78 is 25.6. The van der Waals surface area contributed by atoms with Crippen LogP contribution in [-0.4, -0.2) is 35.6 Å². The van der Waals surface area contributed by atoms with Crippen molar-refractivity contribution in [3.63, 3.8) is 0 Å². The SMILES string of the molecule is CCOc1ccc(Cc2cc(C3OC(C)([C@@H](C)O)CC(OCc4ccccc4)[C@H]3OCc3ccccc3)ccc2Cl)cc1. The van der Waals surface area contributed by atoms with Crippen molar-refractivity contribution in [1.29, 1.82) is 0 Å². The average molecular weight is 601 g/mol. The lowest BCUT2D eigenvalue weighted by molar-refractivity contribution is -0.261. The minimum atomic E-state index is -0.840. The summed E-state index contributed by atoms with van der Waals surface area (Å²) in [5.74, 6) is 0.846. The highest BCUT2D eigenvalue weighted by molar-refractivity contribution is 6.31. The van der Waals surface area contributed by atoms with E-state index in [-0.39, 0.29) is 6.10 Å². The Balaban J connectivity index is 1.47. The van der Waals surface area contributed by atoms with Gasteiger partial charge in [-0.3, -0.25) is 0 Å². The molecular formula is C37H41ClO5. The predicted octanol–water partition coefficient (Wildman–Crippen LogP) is 8.10. The van der Waals surface area contributed by atoms with Gasteiger partial charge in [-0.25, -0.2) is 0 Å². The van der Waals surface area contributed by atoms with E-state index in [2.05, 4.69) is 42.5 Å². The third kappa shape index (κ3) is 8.05. The van der Waals surface area contributed by atoms with Crippen LogP contribution in [0.5, 0.6) is 5.75 Å². The van der Waals surface area contributed by atoms with Crippen molar-refractivity contribution in [2.75, 3.05) is 6.61 Å². The van der Waals surface area contributed by atoms with E-state index in [1.807, 2.05) is 74.5 Å². The Morgan fingerprint density at radius 2 is 1.49 bits per heavy atom. The first-order chi connectivity index (χ1) is 20.8. The second-order valence-electron chi connectivity index (χ2n) is 11.4. The highest BCUT2D eigenvalue weighted by atomic mass is 35.5. The second kappa shape index (κ2) is 14.5. The number of aliphatic hydroxyl groups is 1. The van der Waals surface area contributed by atoms with E-state index < -0.39 is 23.9 Å². The van der Waals surface area contributed by atoms with Crippen LogP contribution in [0.15, 0.2) is 103 Å². The van der Waals surface area contributed by atoms with Crippen LogP contribution in [0, 0.1) is 0 Å². The molecular weight excluding hydrogens is 560 g/mol. The molecule has 0 amide bonds. The first kappa shape index (κ1) is 31.2. The molecule has 0 bridgehead atoms. The van der Waals surface area contributed by atoms with Crippen molar-refractivity contribution in [1.82, 2.24) is 0 Å². The van der Waals surface area contributed by atoms with Gasteiger partial charge in [-0.05, 0) is 73.2 Å². The Morgan fingerprint density at radius 1 is 0.860 bits per heavy atom. The molecule has 0 radical (unpaired) electrons. The van der Waals surface area contributed by atoms with Crippen molar-refractivity contribution in [2.24, 2.45) is 0 Å². The van der Waals surface area contributed by atoms with E-state index in [0.29, 0.717) is 37.7 Å². The van der Waals surface area contributed by atoms with Gasteiger partial charge in [0.15, 0.2) is 0 Å². The number of aliphatic hydroxyl groups excluding tert-OH is 1. The molecule has 0 saturated carbocycles. The number of ether oxygens (including phenoxy) is 4. The quantitative estimate of drug-likeness (QED) is 0.178. The molecule has 4 aromatic rings. The third-order valence-electron chi connectivity index (χ3n) is 8.17. The summed E-state index contributed by atoms with van der Waals surface area (Å²) in [6.07, 6.45) is -0.816. The van der Waals surface area contributed by atoms with Crippen LogP contribution >= 0.6 is 11.6 Å². The van der Waals surface area contributed by atoms with E-state index >= 15 is 0 Å². The maximum Gasteiger partial charge on any atom is 0.119 e. The molecule has 5 rings (SSSR count). The fraction of sp³-hybridized carbons (Fsp3) is 0.351. The Kier molecular flexibility index (Phi) is 10.6. The molecule has 0 spiro atoms. The van der Waals surface area contributed by atoms with Crippen molar-refractivity contribution < 1.29 is 24.1 Å². The molecule has 1 N–H and O–H groups in total.